The van der Waals surface area contributed by atoms with Crippen LogP contribution < -0.4 is 5.32 Å². The van der Waals surface area contributed by atoms with Gasteiger partial charge in [0.2, 0.25) is 6.43 Å². The highest BCUT2D eigenvalue weighted by Gasteiger charge is 2.28. The summed E-state index contributed by atoms with van der Waals surface area (Å²) in [5.74, 6) is -1.48. The van der Waals surface area contributed by atoms with E-state index in [1.165, 1.54) is 0 Å². The Bertz CT molecular complexity index is 741. The van der Waals surface area contributed by atoms with Crippen molar-refractivity contribution in [2.75, 3.05) is 0 Å². The standard InChI is InChI=1S/C17H17F2NO4/c1-9-10(2)24-15(11-6-4-3-5-7-11)14(9)16(21)20-12(17(22)23)8-13(18)19/h3-7,12-13H,8H2,1-2H3,(H,20,21)(H,22,23)/t12-/m0/s1. The molecule has 1 heterocycles. The molecule has 7 heteroatoms. The van der Waals surface area contributed by atoms with Gasteiger partial charge in [0.15, 0.2) is 0 Å². The smallest absolute Gasteiger partial charge is 0.326 e. The number of nitrogens with one attached hydrogen (secondary N) is 1. The van der Waals surface area contributed by atoms with Gasteiger partial charge in [-0.25, -0.2) is 13.6 Å². The van der Waals surface area contributed by atoms with Crippen LogP contribution in [0.5, 0.6) is 0 Å². The third-order valence-electron chi connectivity index (χ3n) is 3.67. The van der Waals surface area contributed by atoms with Crippen LogP contribution in [0.15, 0.2) is 34.7 Å². The monoisotopic (exact) mass is 337 g/mol. The predicted octanol–water partition coefficient (Wildman–Crippen LogP) is 3.40. The highest BCUT2D eigenvalue weighted by atomic mass is 19.3. The van der Waals surface area contributed by atoms with Gasteiger partial charge in [-0.15, -0.1) is 0 Å². The van der Waals surface area contributed by atoms with Gasteiger partial charge in [-0.05, 0) is 13.8 Å². The van der Waals surface area contributed by atoms with Crippen molar-refractivity contribution < 1.29 is 27.9 Å². The van der Waals surface area contributed by atoms with Crippen LogP contribution in [-0.2, 0) is 4.79 Å². The molecule has 5 nitrogen and oxygen atoms in total. The molecule has 0 saturated heterocycles. The largest absolute Gasteiger partial charge is 0.480 e. The molecule has 0 aliphatic carbocycles. The zero-order valence-corrected chi connectivity index (χ0v) is 13.2. The van der Waals surface area contributed by atoms with E-state index in [0.717, 1.165) is 0 Å². The fourth-order valence-corrected chi connectivity index (χ4v) is 2.32. The number of carboxylic acids is 1. The topological polar surface area (TPSA) is 79.5 Å². The average Bonchev–Trinajstić information content (AvgIpc) is 2.82. The lowest BCUT2D eigenvalue weighted by Gasteiger charge is -2.14. The quantitative estimate of drug-likeness (QED) is 0.847. The number of aryl methyl sites for hydroxylation is 1. The van der Waals surface area contributed by atoms with Crippen LogP contribution in [-0.4, -0.2) is 29.5 Å². The Morgan fingerprint density at radius 3 is 2.38 bits per heavy atom. The summed E-state index contributed by atoms with van der Waals surface area (Å²) in [6, 6.07) is 7.14. The van der Waals surface area contributed by atoms with Gasteiger partial charge in [0.25, 0.3) is 5.91 Å². The van der Waals surface area contributed by atoms with E-state index < -0.39 is 30.8 Å². The van der Waals surface area contributed by atoms with Crippen molar-refractivity contribution >= 4 is 11.9 Å². The van der Waals surface area contributed by atoms with Gasteiger partial charge >= 0.3 is 5.97 Å². The van der Waals surface area contributed by atoms with Crippen LogP contribution >= 0.6 is 0 Å². The summed E-state index contributed by atoms with van der Waals surface area (Å²) >= 11 is 0. The third-order valence-corrected chi connectivity index (χ3v) is 3.67. The van der Waals surface area contributed by atoms with E-state index in [4.69, 9.17) is 9.52 Å². The van der Waals surface area contributed by atoms with Crippen molar-refractivity contribution in [2.45, 2.75) is 32.7 Å². The molecule has 2 N–H and O–H groups in total. The maximum absolute atomic E-state index is 12.5. The number of amides is 1. The molecule has 1 amide bonds. The normalized spacial score (nSPS) is 12.2. The van der Waals surface area contributed by atoms with Crippen molar-refractivity contribution in [3.8, 4) is 11.3 Å². The molecule has 0 aliphatic rings. The van der Waals surface area contributed by atoms with E-state index in [0.29, 0.717) is 16.9 Å². The van der Waals surface area contributed by atoms with E-state index in [2.05, 4.69) is 5.32 Å². The Kier molecular flexibility index (Phi) is 5.33. The highest BCUT2D eigenvalue weighted by molar-refractivity contribution is 6.02. The first-order valence-electron chi connectivity index (χ1n) is 7.28. The molecule has 0 bridgehead atoms. The van der Waals surface area contributed by atoms with Gasteiger partial charge in [0.1, 0.15) is 17.6 Å². The molecule has 2 aromatic rings. The van der Waals surface area contributed by atoms with Crippen LogP contribution in [0.4, 0.5) is 8.78 Å². The molecular formula is C17H17F2NO4. The minimum Gasteiger partial charge on any atom is -0.480 e. The van der Waals surface area contributed by atoms with Crippen molar-refractivity contribution in [1.82, 2.24) is 5.32 Å². The second-order valence-corrected chi connectivity index (χ2v) is 5.34. The van der Waals surface area contributed by atoms with E-state index in [9.17, 15) is 18.4 Å². The number of carbonyl (C=O) groups is 2. The number of aliphatic carboxylic acids is 1. The molecule has 1 aromatic carbocycles. The van der Waals surface area contributed by atoms with Crippen molar-refractivity contribution in [3.05, 3.63) is 47.2 Å². The maximum atomic E-state index is 12.5. The minimum absolute atomic E-state index is 0.152. The Labute approximate surface area is 137 Å². The Morgan fingerprint density at radius 2 is 1.83 bits per heavy atom. The zero-order chi connectivity index (χ0) is 17.9. The lowest BCUT2D eigenvalue weighted by molar-refractivity contribution is -0.140. The summed E-state index contributed by atoms with van der Waals surface area (Å²) in [4.78, 5) is 23.6. The number of hydrogen-bond donors (Lipinski definition) is 2. The number of alkyl halides is 2. The molecule has 128 valence electrons. The van der Waals surface area contributed by atoms with Gasteiger partial charge < -0.3 is 14.8 Å². The van der Waals surface area contributed by atoms with E-state index in [1.54, 1.807) is 44.2 Å². The first-order chi connectivity index (χ1) is 11.3. The van der Waals surface area contributed by atoms with Gasteiger partial charge in [-0.3, -0.25) is 4.79 Å². The number of benzene rings is 1. The molecule has 24 heavy (non-hydrogen) atoms. The second kappa shape index (κ2) is 7.25. The summed E-state index contributed by atoms with van der Waals surface area (Å²) in [5.41, 5.74) is 1.33. The van der Waals surface area contributed by atoms with Gasteiger partial charge in [0, 0.05) is 17.5 Å². The lowest BCUT2D eigenvalue weighted by Crippen LogP contribution is -2.42. The molecule has 1 atom stereocenters. The minimum atomic E-state index is -2.84. The first-order valence-corrected chi connectivity index (χ1v) is 7.28. The Hall–Kier alpha value is -2.70. The lowest BCUT2D eigenvalue weighted by atomic mass is 10.0. The summed E-state index contributed by atoms with van der Waals surface area (Å²) in [6.45, 7) is 3.33. The van der Waals surface area contributed by atoms with Gasteiger partial charge in [-0.2, -0.15) is 0 Å². The molecule has 2 rings (SSSR count). The molecule has 0 fully saturated rings. The van der Waals surface area contributed by atoms with Crippen LogP contribution in [0.25, 0.3) is 11.3 Å². The summed E-state index contributed by atoms with van der Waals surface area (Å²) < 4.78 is 30.6. The fraction of sp³-hybridized carbons (Fsp3) is 0.294. The number of hydrogen-bond acceptors (Lipinski definition) is 3. The molecule has 0 unspecified atom stereocenters. The Balaban J connectivity index is 2.37. The number of rotatable bonds is 6. The van der Waals surface area contributed by atoms with Crippen LogP contribution in [0.2, 0.25) is 0 Å². The van der Waals surface area contributed by atoms with Gasteiger partial charge in [0.05, 0.1) is 5.56 Å². The molecule has 0 spiro atoms. The first kappa shape index (κ1) is 17.7. The van der Waals surface area contributed by atoms with Crippen LogP contribution in [0.1, 0.15) is 28.1 Å². The highest BCUT2D eigenvalue weighted by Crippen LogP contribution is 2.31. The van der Waals surface area contributed by atoms with E-state index in [1.807, 2.05) is 0 Å². The summed E-state index contributed by atoms with van der Waals surface area (Å²) in [6.07, 6.45) is -3.80. The molecule has 0 aliphatic heterocycles. The van der Waals surface area contributed by atoms with Crippen molar-refractivity contribution in [3.63, 3.8) is 0 Å². The fourth-order valence-electron chi connectivity index (χ4n) is 2.32. The molecule has 1 aromatic heterocycles. The zero-order valence-electron chi connectivity index (χ0n) is 13.2. The predicted molar refractivity (Wildman–Crippen MR) is 83.1 cm³/mol. The van der Waals surface area contributed by atoms with E-state index >= 15 is 0 Å². The Morgan fingerprint density at radius 1 is 1.21 bits per heavy atom. The van der Waals surface area contributed by atoms with E-state index in [-0.39, 0.29) is 11.3 Å². The third kappa shape index (κ3) is 3.79. The summed E-state index contributed by atoms with van der Waals surface area (Å²) in [5, 5.41) is 11.2. The molecule has 0 radical (unpaired) electrons. The average molecular weight is 337 g/mol. The number of halogens is 2. The van der Waals surface area contributed by atoms with Crippen molar-refractivity contribution in [1.29, 1.82) is 0 Å². The molecular weight excluding hydrogens is 320 g/mol. The molecule has 0 saturated carbocycles. The van der Waals surface area contributed by atoms with Crippen molar-refractivity contribution in [2.24, 2.45) is 0 Å². The maximum Gasteiger partial charge on any atom is 0.326 e. The number of carbonyl (C=O) groups excluding carboxylic acids is 1. The van der Waals surface area contributed by atoms with Crippen LogP contribution in [0, 0.1) is 13.8 Å². The summed E-state index contributed by atoms with van der Waals surface area (Å²) in [7, 11) is 0. The number of carboxylic acid groups (broad SMARTS) is 1. The van der Waals surface area contributed by atoms with Gasteiger partial charge in [-0.1, -0.05) is 30.3 Å². The number of furan rings is 1. The van der Waals surface area contributed by atoms with Crippen LogP contribution in [0.3, 0.4) is 0 Å². The second-order valence-electron chi connectivity index (χ2n) is 5.34. The SMILES string of the molecule is Cc1oc(-c2ccccc2)c(C(=O)N[C@@H](CC(F)F)C(=O)O)c1C.